The summed E-state index contributed by atoms with van der Waals surface area (Å²) < 4.78 is 5.99. The zero-order chi connectivity index (χ0) is 24.3. The van der Waals surface area contributed by atoms with E-state index in [0.717, 1.165) is 0 Å². The van der Waals surface area contributed by atoms with Crippen LogP contribution in [-0.2, 0) is 11.2 Å². The van der Waals surface area contributed by atoms with Crippen LogP contribution in [0.3, 0.4) is 0 Å². The monoisotopic (exact) mass is 568 g/mol. The van der Waals surface area contributed by atoms with Crippen LogP contribution in [0.2, 0.25) is 0 Å². The van der Waals surface area contributed by atoms with Crippen LogP contribution in [0, 0.1) is 0 Å². The third-order valence-electron chi connectivity index (χ3n) is 3.83. The van der Waals surface area contributed by atoms with Crippen molar-refractivity contribution in [2.75, 3.05) is 37.8 Å². The van der Waals surface area contributed by atoms with Crippen molar-refractivity contribution in [2.45, 2.75) is 18.5 Å². The molecule has 1 aromatic rings. The largest absolute Gasteiger partial charge is 0.394 e. The van der Waals surface area contributed by atoms with Crippen molar-refractivity contribution in [1.82, 2.24) is 20.1 Å². The Morgan fingerprint density at radius 2 is 1.45 bits per heavy atom. The van der Waals surface area contributed by atoms with Crippen LogP contribution in [0.25, 0.3) is 0 Å². The number of nitrogens with one attached hydrogen (secondary N) is 4. The first-order valence-corrected chi connectivity index (χ1v) is 15.5. The van der Waals surface area contributed by atoms with Crippen LogP contribution >= 0.6 is 68.0 Å². The van der Waals surface area contributed by atoms with E-state index >= 15 is 0 Å². The molecule has 0 saturated heterocycles. The molecular weight excluding hydrogens is 541 g/mol. The third kappa shape index (κ3) is 13.9. The maximum absolute atomic E-state index is 12.6. The van der Waals surface area contributed by atoms with Crippen LogP contribution in [0.15, 0.2) is 24.3 Å². The molecule has 0 aromatic heterocycles. The number of thiocarbonyl (C=S) groups is 2. The maximum atomic E-state index is 12.6. The van der Waals surface area contributed by atoms with E-state index in [1.54, 1.807) is 24.3 Å². The van der Waals surface area contributed by atoms with Gasteiger partial charge in [0, 0.05) is 30.2 Å². The Bertz CT molecular complexity index is 746. The summed E-state index contributed by atoms with van der Waals surface area (Å²) in [4.78, 5) is 24.8. The average molecular weight is 569 g/mol. The molecule has 6 N–H and O–H groups in total. The molecule has 0 spiro atoms. The fourth-order valence-electron chi connectivity index (χ4n) is 2.16. The zero-order valence-corrected chi connectivity index (χ0v) is 22.6. The second kappa shape index (κ2) is 19.8. The van der Waals surface area contributed by atoms with Gasteiger partial charge in [-0.25, -0.2) is 9.44 Å². The van der Waals surface area contributed by atoms with Gasteiger partial charge in [0.05, 0.1) is 31.7 Å². The van der Waals surface area contributed by atoms with E-state index in [1.807, 2.05) is 0 Å². The van der Waals surface area contributed by atoms with Crippen molar-refractivity contribution in [3.05, 3.63) is 35.4 Å². The number of rotatable bonds is 19. The molecule has 0 radical (unpaired) electrons. The highest BCUT2D eigenvalue weighted by atomic mass is 33.1. The minimum absolute atomic E-state index is 0.0603. The topological polar surface area (TPSA) is 123 Å². The normalized spacial score (nSPS) is 12.5. The predicted octanol–water partition coefficient (Wildman–Crippen LogP) is 1.57. The number of hydrogen-bond donors (Lipinski definition) is 6. The molecule has 184 valence electrons. The van der Waals surface area contributed by atoms with Gasteiger partial charge in [-0.3, -0.25) is 9.59 Å². The minimum Gasteiger partial charge on any atom is -0.394 e. The lowest BCUT2D eigenvalue weighted by Crippen LogP contribution is -2.30. The van der Waals surface area contributed by atoms with E-state index in [9.17, 15) is 9.59 Å². The quantitative estimate of drug-likeness (QED) is 0.0629. The van der Waals surface area contributed by atoms with Gasteiger partial charge in [0.2, 0.25) is 5.91 Å². The van der Waals surface area contributed by atoms with E-state index in [0.29, 0.717) is 35.7 Å². The molecule has 2 atom stereocenters. The number of carbonyl (C=O) groups is 2. The van der Waals surface area contributed by atoms with Crippen LogP contribution in [0.5, 0.6) is 0 Å². The lowest BCUT2D eigenvalue weighted by atomic mass is 10.0. The van der Waals surface area contributed by atoms with Gasteiger partial charge in [-0.2, -0.15) is 0 Å². The van der Waals surface area contributed by atoms with E-state index in [4.69, 9.17) is 34.6 Å². The molecule has 1 rings (SSSR count). The van der Waals surface area contributed by atoms with E-state index < -0.39 is 0 Å². The molecule has 0 aliphatic rings. The molecule has 0 bridgehead atoms. The van der Waals surface area contributed by atoms with Gasteiger partial charge in [-0.05, 0) is 44.3 Å². The Morgan fingerprint density at radius 1 is 0.909 bits per heavy atom. The van der Waals surface area contributed by atoms with E-state index in [1.165, 1.54) is 54.3 Å². The number of amides is 2. The van der Waals surface area contributed by atoms with Gasteiger partial charge in [-0.1, -0.05) is 64.2 Å². The molecule has 0 aliphatic heterocycles. The fraction of sp³-hybridized carbons (Fsp3) is 0.474. The third-order valence-corrected chi connectivity index (χ3v) is 8.55. The standard InChI is InChI=1S/C19H28N4O4S6/c24-10-15(12-28)22-32-30-7-5-20-18(26)9-14-3-1-2-4-17(14)19(27)21-6-8-31-33-23-16(11-25)13-29/h1-4,12-13,15-16,22-25H,5-11H2,(H,20,26)(H,21,27)/t15-,16-/m1/s1. The summed E-state index contributed by atoms with van der Waals surface area (Å²) in [6.07, 6.45) is 0.117. The number of aliphatic hydroxyl groups excluding tert-OH is 2. The highest BCUT2D eigenvalue weighted by Crippen LogP contribution is 2.18. The Labute approximate surface area is 221 Å². The van der Waals surface area contributed by atoms with E-state index in [-0.39, 0.29) is 43.5 Å². The predicted molar refractivity (Wildman–Crippen MR) is 151 cm³/mol. The summed E-state index contributed by atoms with van der Waals surface area (Å²) in [6.45, 7) is 0.822. The van der Waals surface area contributed by atoms with Crippen LogP contribution in [-0.4, -0.2) is 82.7 Å². The molecule has 0 unspecified atom stereocenters. The van der Waals surface area contributed by atoms with Gasteiger partial charge in [0.1, 0.15) is 0 Å². The number of hydrogen-bond acceptors (Lipinski definition) is 12. The van der Waals surface area contributed by atoms with Crippen molar-refractivity contribution < 1.29 is 19.8 Å². The zero-order valence-electron chi connectivity index (χ0n) is 17.7. The van der Waals surface area contributed by atoms with Gasteiger partial charge in [-0.15, -0.1) is 0 Å². The lowest BCUT2D eigenvalue weighted by molar-refractivity contribution is -0.120. The first-order chi connectivity index (χ1) is 16.0. The summed E-state index contributed by atoms with van der Waals surface area (Å²) in [5.74, 6) is 0.959. The number of benzene rings is 1. The molecule has 1 aromatic carbocycles. The molecule has 0 heterocycles. The Hall–Kier alpha value is -0.420. The highest BCUT2D eigenvalue weighted by molar-refractivity contribution is 8.76. The minimum atomic E-state index is -0.242. The second-order valence-electron chi connectivity index (χ2n) is 6.34. The van der Waals surface area contributed by atoms with Crippen molar-refractivity contribution >= 4 is 90.5 Å². The highest BCUT2D eigenvalue weighted by Gasteiger charge is 2.13. The van der Waals surface area contributed by atoms with E-state index in [2.05, 4.69) is 20.1 Å². The summed E-state index contributed by atoms with van der Waals surface area (Å²) in [6, 6.07) is 6.58. The molecule has 0 saturated carbocycles. The van der Waals surface area contributed by atoms with Gasteiger partial charge >= 0.3 is 0 Å². The second-order valence-corrected chi connectivity index (χ2v) is 11.4. The number of carbonyl (C=O) groups excluding carboxylic acids is 2. The van der Waals surface area contributed by atoms with Crippen LogP contribution in [0.1, 0.15) is 15.9 Å². The summed E-state index contributed by atoms with van der Waals surface area (Å²) in [7, 11) is 5.75. The Kier molecular flexibility index (Phi) is 18.4. The first-order valence-electron chi connectivity index (χ1n) is 9.88. The van der Waals surface area contributed by atoms with Crippen molar-refractivity contribution in [2.24, 2.45) is 0 Å². The Morgan fingerprint density at radius 3 is 2.00 bits per heavy atom. The molecule has 0 fully saturated rings. The van der Waals surface area contributed by atoms with Crippen molar-refractivity contribution in [3.63, 3.8) is 0 Å². The molecule has 2 amide bonds. The molecular formula is C19H28N4O4S6. The summed E-state index contributed by atoms with van der Waals surface area (Å²) >= 11 is 9.57. The van der Waals surface area contributed by atoms with Gasteiger partial charge in [0.15, 0.2) is 0 Å². The van der Waals surface area contributed by atoms with Gasteiger partial charge < -0.3 is 20.8 Å². The Balaban J connectivity index is 2.32. The fourth-order valence-corrected chi connectivity index (χ4v) is 5.99. The molecule has 0 aliphatic carbocycles. The van der Waals surface area contributed by atoms with Crippen LogP contribution < -0.4 is 20.1 Å². The van der Waals surface area contributed by atoms with Gasteiger partial charge in [0.25, 0.3) is 5.91 Å². The van der Waals surface area contributed by atoms with Crippen molar-refractivity contribution in [3.8, 4) is 0 Å². The SMILES string of the molecule is O=C(Cc1ccccc1C(=O)NCCSSN[C@@H](C=S)CO)NCCSSN[C@@H](C=S)CO. The first kappa shape index (κ1) is 30.6. The molecule has 33 heavy (non-hydrogen) atoms. The summed E-state index contributed by atoms with van der Waals surface area (Å²) in [5.41, 5.74) is 1.15. The smallest absolute Gasteiger partial charge is 0.251 e. The van der Waals surface area contributed by atoms with Crippen molar-refractivity contribution in [1.29, 1.82) is 0 Å². The average Bonchev–Trinajstić information content (AvgIpc) is 2.83. The van der Waals surface area contributed by atoms with Crippen LogP contribution in [0.4, 0.5) is 0 Å². The lowest BCUT2D eigenvalue weighted by Gasteiger charge is -2.12. The summed E-state index contributed by atoms with van der Waals surface area (Å²) in [5, 5.41) is 26.7. The number of aliphatic hydroxyl groups is 2. The molecule has 14 heteroatoms. The maximum Gasteiger partial charge on any atom is 0.251 e. The molecule has 8 nitrogen and oxygen atoms in total.